The fourth-order valence-electron chi connectivity index (χ4n) is 2.25. The lowest BCUT2D eigenvalue weighted by Crippen LogP contribution is -2.34. The van der Waals surface area contributed by atoms with Crippen molar-refractivity contribution in [1.82, 2.24) is 9.55 Å². The summed E-state index contributed by atoms with van der Waals surface area (Å²) in [7, 11) is 0. The molecule has 1 atom stereocenters. The number of nitrogens with two attached hydrogens (primary N) is 1. The summed E-state index contributed by atoms with van der Waals surface area (Å²) in [5.74, 6) is 0.840. The third-order valence-corrected chi connectivity index (χ3v) is 3.43. The van der Waals surface area contributed by atoms with Crippen molar-refractivity contribution >= 4 is 47.4 Å². The van der Waals surface area contributed by atoms with E-state index in [9.17, 15) is 4.79 Å². The largest absolute Gasteiger partial charge is 0.328 e. The van der Waals surface area contributed by atoms with Crippen LogP contribution >= 0.6 is 24.8 Å². The van der Waals surface area contributed by atoms with Gasteiger partial charge >= 0.3 is 0 Å². The van der Waals surface area contributed by atoms with E-state index in [1.54, 1.807) is 0 Å². The second-order valence-electron chi connectivity index (χ2n) is 5.02. The van der Waals surface area contributed by atoms with E-state index in [1.807, 2.05) is 32.0 Å². The highest BCUT2D eigenvalue weighted by molar-refractivity contribution is 5.96. The van der Waals surface area contributed by atoms with Crippen LogP contribution in [0.1, 0.15) is 32.5 Å². The van der Waals surface area contributed by atoms with E-state index in [2.05, 4.69) is 21.8 Å². The van der Waals surface area contributed by atoms with Crippen LogP contribution in [-0.4, -0.2) is 21.5 Å². The standard InChI is InChI=1S/C15H22N4O.2ClH/c1-4-8-19-10(3)17-13-9-11(6-7-14(13)19)18-15(20)12(16)5-2;;/h6-7,9,12H,4-5,8,16H2,1-3H3,(H,18,20);2*1H/t12-;;/m0../s1. The molecule has 124 valence electrons. The first-order valence-corrected chi connectivity index (χ1v) is 7.10. The number of imidazole rings is 1. The lowest BCUT2D eigenvalue weighted by molar-refractivity contribution is -0.117. The van der Waals surface area contributed by atoms with Crippen LogP contribution in [0.25, 0.3) is 11.0 Å². The summed E-state index contributed by atoms with van der Waals surface area (Å²) in [5.41, 5.74) is 8.46. The Kier molecular flexibility index (Phi) is 8.45. The molecule has 22 heavy (non-hydrogen) atoms. The monoisotopic (exact) mass is 346 g/mol. The number of aromatic nitrogens is 2. The van der Waals surface area contributed by atoms with Crippen molar-refractivity contribution in [2.45, 2.75) is 46.2 Å². The Morgan fingerprint density at radius 2 is 2.05 bits per heavy atom. The highest BCUT2D eigenvalue weighted by Crippen LogP contribution is 2.21. The van der Waals surface area contributed by atoms with Gasteiger partial charge in [-0.1, -0.05) is 13.8 Å². The molecule has 0 fully saturated rings. The molecule has 2 aromatic rings. The molecule has 0 aliphatic carbocycles. The molecule has 7 heteroatoms. The molecule has 2 rings (SSSR count). The molecule has 1 heterocycles. The first kappa shape index (κ1) is 20.7. The number of rotatable bonds is 5. The Labute approximate surface area is 143 Å². The summed E-state index contributed by atoms with van der Waals surface area (Å²) in [6.45, 7) is 6.99. The van der Waals surface area contributed by atoms with E-state index in [-0.39, 0.29) is 30.7 Å². The van der Waals surface area contributed by atoms with Crippen molar-refractivity contribution in [3.63, 3.8) is 0 Å². The number of benzene rings is 1. The molecule has 0 aliphatic rings. The van der Waals surface area contributed by atoms with Crippen molar-refractivity contribution in [2.24, 2.45) is 5.73 Å². The fourth-order valence-corrected chi connectivity index (χ4v) is 2.25. The Morgan fingerprint density at radius 1 is 1.36 bits per heavy atom. The van der Waals surface area contributed by atoms with Gasteiger partial charge in [0, 0.05) is 12.2 Å². The molecule has 1 aromatic heterocycles. The van der Waals surface area contributed by atoms with Gasteiger partial charge in [0.2, 0.25) is 5.91 Å². The van der Waals surface area contributed by atoms with Crippen molar-refractivity contribution in [2.75, 3.05) is 5.32 Å². The lowest BCUT2D eigenvalue weighted by Gasteiger charge is -2.10. The Balaban J connectivity index is 0.00000220. The molecule has 0 bridgehead atoms. The predicted octanol–water partition coefficient (Wildman–Crippen LogP) is 3.27. The van der Waals surface area contributed by atoms with E-state index >= 15 is 0 Å². The molecule has 1 aromatic carbocycles. The van der Waals surface area contributed by atoms with Crippen molar-refractivity contribution in [1.29, 1.82) is 0 Å². The van der Waals surface area contributed by atoms with E-state index in [1.165, 1.54) is 0 Å². The van der Waals surface area contributed by atoms with Crippen molar-refractivity contribution in [3.05, 3.63) is 24.0 Å². The summed E-state index contributed by atoms with van der Waals surface area (Å²) in [6.07, 6.45) is 1.69. The number of hydrogen-bond acceptors (Lipinski definition) is 3. The van der Waals surface area contributed by atoms with E-state index in [0.717, 1.165) is 35.5 Å². The summed E-state index contributed by atoms with van der Waals surface area (Å²) < 4.78 is 2.19. The minimum atomic E-state index is -0.468. The second kappa shape index (κ2) is 8.98. The van der Waals surface area contributed by atoms with E-state index in [0.29, 0.717) is 6.42 Å². The van der Waals surface area contributed by atoms with Gasteiger partial charge in [0.15, 0.2) is 0 Å². The quantitative estimate of drug-likeness (QED) is 0.872. The first-order chi connectivity index (χ1) is 9.56. The molecule has 0 radical (unpaired) electrons. The minimum Gasteiger partial charge on any atom is -0.328 e. The third-order valence-electron chi connectivity index (χ3n) is 3.43. The number of fused-ring (bicyclic) bond motifs is 1. The molecule has 1 amide bonds. The zero-order valence-electron chi connectivity index (χ0n) is 13.1. The van der Waals surface area contributed by atoms with Crippen LogP contribution in [0.15, 0.2) is 18.2 Å². The van der Waals surface area contributed by atoms with Gasteiger partial charge in [0.1, 0.15) is 5.82 Å². The number of hydrogen-bond donors (Lipinski definition) is 2. The van der Waals surface area contributed by atoms with Gasteiger partial charge in [-0.25, -0.2) is 4.98 Å². The van der Waals surface area contributed by atoms with Gasteiger partial charge in [-0.15, -0.1) is 24.8 Å². The number of carbonyl (C=O) groups excluding carboxylic acids is 1. The molecule has 0 aliphatic heterocycles. The van der Waals surface area contributed by atoms with Crippen LogP contribution in [0.5, 0.6) is 0 Å². The average Bonchev–Trinajstić information content (AvgIpc) is 2.74. The van der Waals surface area contributed by atoms with Gasteiger partial charge in [-0.05, 0) is 38.0 Å². The number of carbonyl (C=O) groups is 1. The van der Waals surface area contributed by atoms with Gasteiger partial charge in [-0.2, -0.15) is 0 Å². The third kappa shape index (κ3) is 4.35. The van der Waals surface area contributed by atoms with Gasteiger partial charge < -0.3 is 15.6 Å². The van der Waals surface area contributed by atoms with Crippen molar-refractivity contribution in [3.8, 4) is 0 Å². The maximum atomic E-state index is 11.8. The van der Waals surface area contributed by atoms with Crippen LogP contribution < -0.4 is 11.1 Å². The first-order valence-electron chi connectivity index (χ1n) is 7.10. The average molecular weight is 347 g/mol. The predicted molar refractivity (Wildman–Crippen MR) is 96.2 cm³/mol. The molecular formula is C15H24Cl2N4O. The Morgan fingerprint density at radius 3 is 2.64 bits per heavy atom. The van der Waals surface area contributed by atoms with E-state index < -0.39 is 6.04 Å². The van der Waals surface area contributed by atoms with Crippen LogP contribution in [-0.2, 0) is 11.3 Å². The van der Waals surface area contributed by atoms with Crippen LogP contribution in [0.2, 0.25) is 0 Å². The Hall–Kier alpha value is -1.30. The second-order valence-corrected chi connectivity index (χ2v) is 5.02. The summed E-state index contributed by atoms with van der Waals surface area (Å²) in [6, 6.07) is 5.33. The van der Waals surface area contributed by atoms with Crippen LogP contribution in [0, 0.1) is 6.92 Å². The van der Waals surface area contributed by atoms with Crippen LogP contribution in [0.4, 0.5) is 5.69 Å². The van der Waals surface area contributed by atoms with Gasteiger partial charge in [0.25, 0.3) is 0 Å². The summed E-state index contributed by atoms with van der Waals surface area (Å²) in [4.78, 5) is 16.3. The topological polar surface area (TPSA) is 72.9 Å². The maximum absolute atomic E-state index is 11.8. The molecule has 3 N–H and O–H groups in total. The number of nitrogens with one attached hydrogen (secondary N) is 1. The highest BCUT2D eigenvalue weighted by atomic mass is 35.5. The number of nitrogens with zero attached hydrogens (tertiary/aromatic N) is 2. The molecule has 0 unspecified atom stereocenters. The van der Waals surface area contributed by atoms with Crippen LogP contribution in [0.3, 0.4) is 0 Å². The van der Waals surface area contributed by atoms with Crippen molar-refractivity contribution < 1.29 is 4.79 Å². The maximum Gasteiger partial charge on any atom is 0.241 e. The molecule has 0 spiro atoms. The number of amides is 1. The van der Waals surface area contributed by atoms with E-state index in [4.69, 9.17) is 5.73 Å². The zero-order chi connectivity index (χ0) is 14.7. The molecule has 5 nitrogen and oxygen atoms in total. The van der Waals surface area contributed by atoms with Gasteiger partial charge in [-0.3, -0.25) is 4.79 Å². The minimum absolute atomic E-state index is 0. The smallest absolute Gasteiger partial charge is 0.241 e. The molecule has 0 saturated carbocycles. The highest BCUT2D eigenvalue weighted by Gasteiger charge is 2.12. The number of halogens is 2. The number of anilines is 1. The molecular weight excluding hydrogens is 323 g/mol. The lowest BCUT2D eigenvalue weighted by atomic mass is 10.2. The van der Waals surface area contributed by atoms with Gasteiger partial charge in [0.05, 0.1) is 17.1 Å². The SMILES string of the molecule is CCCn1c(C)nc2cc(NC(=O)[C@@H](N)CC)ccc21.Cl.Cl. The summed E-state index contributed by atoms with van der Waals surface area (Å²) in [5, 5.41) is 2.83. The Bertz CT molecular complexity index is 627. The fraction of sp³-hybridized carbons (Fsp3) is 0.467. The molecule has 0 saturated heterocycles. The number of aryl methyl sites for hydroxylation is 2. The zero-order valence-corrected chi connectivity index (χ0v) is 14.8. The summed E-state index contributed by atoms with van der Waals surface area (Å²) >= 11 is 0. The normalized spacial score (nSPS) is 11.5.